The van der Waals surface area contributed by atoms with Crippen LogP contribution in [-0.2, 0) is 17.8 Å². The standard InChI is InChI=1S/C24H23N3O3S/c1-29-20-10-9-18(15-21(20)30-16-17-11-13-25-14-12-17)26-23(28)7-4-8-24-27-19-5-2-3-6-22(19)31-24/h2-3,5-6,9-15H,4,7-8,16H2,1H3,(H,26,28). The van der Waals surface area contributed by atoms with E-state index >= 15 is 0 Å². The molecule has 0 aliphatic carbocycles. The highest BCUT2D eigenvalue weighted by molar-refractivity contribution is 7.18. The molecule has 0 radical (unpaired) electrons. The van der Waals surface area contributed by atoms with Crippen molar-refractivity contribution in [1.82, 2.24) is 9.97 Å². The third-order valence-electron chi connectivity index (χ3n) is 4.72. The van der Waals surface area contributed by atoms with Crippen molar-refractivity contribution >= 4 is 33.1 Å². The van der Waals surface area contributed by atoms with Crippen molar-refractivity contribution in [3.05, 3.63) is 77.6 Å². The second-order valence-electron chi connectivity index (χ2n) is 6.99. The fourth-order valence-corrected chi connectivity index (χ4v) is 4.17. The van der Waals surface area contributed by atoms with Crippen LogP contribution in [0.3, 0.4) is 0 Å². The van der Waals surface area contributed by atoms with Gasteiger partial charge in [-0.1, -0.05) is 12.1 Å². The molecule has 0 atom stereocenters. The molecule has 31 heavy (non-hydrogen) atoms. The van der Waals surface area contributed by atoms with Crippen LogP contribution < -0.4 is 14.8 Å². The molecule has 0 saturated carbocycles. The van der Waals surface area contributed by atoms with Gasteiger partial charge in [0.1, 0.15) is 6.61 Å². The molecule has 1 amide bonds. The molecule has 2 aromatic heterocycles. The van der Waals surface area contributed by atoms with E-state index in [0.29, 0.717) is 30.2 Å². The number of methoxy groups -OCH3 is 1. The molecule has 4 rings (SSSR count). The third-order valence-corrected chi connectivity index (χ3v) is 5.82. The highest BCUT2D eigenvalue weighted by Crippen LogP contribution is 2.31. The van der Waals surface area contributed by atoms with Crippen LogP contribution in [-0.4, -0.2) is 23.0 Å². The molecule has 0 saturated heterocycles. The van der Waals surface area contributed by atoms with Crippen LogP contribution in [0.4, 0.5) is 5.69 Å². The van der Waals surface area contributed by atoms with Crippen molar-refractivity contribution in [1.29, 1.82) is 0 Å². The van der Waals surface area contributed by atoms with Crippen molar-refractivity contribution in [2.24, 2.45) is 0 Å². The summed E-state index contributed by atoms with van der Waals surface area (Å²) in [6.45, 7) is 0.387. The Bertz CT molecular complexity index is 1130. The molecule has 6 nitrogen and oxygen atoms in total. The first-order chi connectivity index (χ1) is 15.2. The highest BCUT2D eigenvalue weighted by atomic mass is 32.1. The Balaban J connectivity index is 1.31. The summed E-state index contributed by atoms with van der Waals surface area (Å²) in [6.07, 6.45) is 5.40. The number of rotatable bonds is 9. The fraction of sp³-hybridized carbons (Fsp3) is 0.208. The van der Waals surface area contributed by atoms with Crippen LogP contribution in [0.15, 0.2) is 67.0 Å². The minimum Gasteiger partial charge on any atom is -0.493 e. The Morgan fingerprint density at radius 1 is 1.06 bits per heavy atom. The Morgan fingerprint density at radius 2 is 1.90 bits per heavy atom. The molecule has 2 heterocycles. The number of para-hydroxylation sites is 1. The topological polar surface area (TPSA) is 73.3 Å². The predicted molar refractivity (Wildman–Crippen MR) is 123 cm³/mol. The molecule has 158 valence electrons. The van der Waals surface area contributed by atoms with E-state index in [1.807, 2.05) is 36.4 Å². The number of aromatic nitrogens is 2. The van der Waals surface area contributed by atoms with Crippen molar-refractivity contribution in [2.45, 2.75) is 25.9 Å². The summed E-state index contributed by atoms with van der Waals surface area (Å²) in [5, 5.41) is 4.00. The Hall–Kier alpha value is -3.45. The number of nitrogens with one attached hydrogen (secondary N) is 1. The first-order valence-electron chi connectivity index (χ1n) is 10.1. The minimum absolute atomic E-state index is 0.0358. The molecule has 4 aromatic rings. The molecule has 0 spiro atoms. The first-order valence-corrected chi connectivity index (χ1v) is 10.9. The second-order valence-corrected chi connectivity index (χ2v) is 8.10. The van der Waals surface area contributed by atoms with Crippen LogP contribution in [0.5, 0.6) is 11.5 Å². The van der Waals surface area contributed by atoms with Gasteiger partial charge >= 0.3 is 0 Å². The molecule has 0 fully saturated rings. The van der Waals surface area contributed by atoms with E-state index in [9.17, 15) is 4.79 Å². The number of thiazole rings is 1. The number of aryl methyl sites for hydroxylation is 1. The van der Waals surface area contributed by atoms with Gasteiger partial charge in [-0.3, -0.25) is 9.78 Å². The van der Waals surface area contributed by atoms with E-state index in [1.165, 1.54) is 4.70 Å². The largest absolute Gasteiger partial charge is 0.493 e. The van der Waals surface area contributed by atoms with Gasteiger partial charge in [0.05, 0.1) is 22.3 Å². The zero-order valence-electron chi connectivity index (χ0n) is 17.2. The van der Waals surface area contributed by atoms with Gasteiger partial charge < -0.3 is 14.8 Å². The lowest BCUT2D eigenvalue weighted by atomic mass is 10.2. The summed E-state index contributed by atoms with van der Waals surface area (Å²) in [7, 11) is 1.59. The first kappa shape index (κ1) is 20.8. The zero-order chi connectivity index (χ0) is 21.5. The number of amides is 1. The number of pyridine rings is 1. The maximum Gasteiger partial charge on any atom is 0.224 e. The lowest BCUT2D eigenvalue weighted by Gasteiger charge is -2.13. The van der Waals surface area contributed by atoms with Gasteiger partial charge in [-0.15, -0.1) is 11.3 Å². The van der Waals surface area contributed by atoms with Gasteiger partial charge in [0.2, 0.25) is 5.91 Å². The SMILES string of the molecule is COc1ccc(NC(=O)CCCc2nc3ccccc3s2)cc1OCc1ccncc1. The summed E-state index contributed by atoms with van der Waals surface area (Å²) in [6, 6.07) is 17.3. The summed E-state index contributed by atoms with van der Waals surface area (Å²) < 4.78 is 12.4. The molecule has 2 aromatic carbocycles. The molecular formula is C24H23N3O3S. The molecule has 1 N–H and O–H groups in total. The zero-order valence-corrected chi connectivity index (χ0v) is 18.0. The van der Waals surface area contributed by atoms with Crippen molar-refractivity contribution in [3.8, 4) is 11.5 Å². The van der Waals surface area contributed by atoms with Gasteiger partial charge in [-0.05, 0) is 54.8 Å². The monoisotopic (exact) mass is 433 g/mol. The second kappa shape index (κ2) is 10.0. The summed E-state index contributed by atoms with van der Waals surface area (Å²) in [5.41, 5.74) is 2.70. The number of hydrogen-bond acceptors (Lipinski definition) is 6. The lowest BCUT2D eigenvalue weighted by Crippen LogP contribution is -2.11. The average molecular weight is 434 g/mol. The van der Waals surface area contributed by atoms with E-state index in [2.05, 4.69) is 21.4 Å². The molecular weight excluding hydrogens is 410 g/mol. The van der Waals surface area contributed by atoms with Crippen molar-refractivity contribution in [2.75, 3.05) is 12.4 Å². The number of ether oxygens (including phenoxy) is 2. The Kier molecular flexibility index (Phi) is 6.74. The number of carbonyl (C=O) groups is 1. The van der Waals surface area contributed by atoms with Gasteiger partial charge in [-0.2, -0.15) is 0 Å². The van der Waals surface area contributed by atoms with E-state index in [4.69, 9.17) is 9.47 Å². The normalized spacial score (nSPS) is 10.7. The van der Waals surface area contributed by atoms with Crippen LogP contribution in [0.2, 0.25) is 0 Å². The van der Waals surface area contributed by atoms with Gasteiger partial charge in [0, 0.05) is 30.6 Å². The molecule has 0 unspecified atom stereocenters. The number of anilines is 1. The number of carbonyl (C=O) groups excluding carboxylic acids is 1. The molecule has 0 aliphatic rings. The van der Waals surface area contributed by atoms with Crippen LogP contribution in [0.1, 0.15) is 23.4 Å². The van der Waals surface area contributed by atoms with Crippen LogP contribution in [0, 0.1) is 0 Å². The number of hydrogen-bond donors (Lipinski definition) is 1. The number of benzene rings is 2. The fourth-order valence-electron chi connectivity index (χ4n) is 3.16. The maximum atomic E-state index is 12.4. The van der Waals surface area contributed by atoms with E-state index < -0.39 is 0 Å². The molecule has 0 bridgehead atoms. The molecule has 0 aliphatic heterocycles. The summed E-state index contributed by atoms with van der Waals surface area (Å²) in [4.78, 5) is 21.0. The van der Waals surface area contributed by atoms with Gasteiger partial charge in [0.25, 0.3) is 0 Å². The number of nitrogens with zero attached hydrogens (tertiary/aromatic N) is 2. The molecule has 7 heteroatoms. The number of fused-ring (bicyclic) bond motifs is 1. The summed E-state index contributed by atoms with van der Waals surface area (Å²) in [5.74, 6) is 1.15. The van der Waals surface area contributed by atoms with Crippen molar-refractivity contribution in [3.63, 3.8) is 0 Å². The van der Waals surface area contributed by atoms with Crippen LogP contribution in [0.25, 0.3) is 10.2 Å². The van der Waals surface area contributed by atoms with E-state index in [0.717, 1.165) is 28.9 Å². The smallest absolute Gasteiger partial charge is 0.224 e. The van der Waals surface area contributed by atoms with Gasteiger partial charge in [-0.25, -0.2) is 4.98 Å². The predicted octanol–water partition coefficient (Wildman–Crippen LogP) is 5.24. The average Bonchev–Trinajstić information content (AvgIpc) is 3.21. The van der Waals surface area contributed by atoms with Crippen LogP contribution >= 0.6 is 11.3 Å². The summed E-state index contributed by atoms with van der Waals surface area (Å²) >= 11 is 1.69. The minimum atomic E-state index is -0.0358. The van der Waals surface area contributed by atoms with Gasteiger partial charge in [0.15, 0.2) is 11.5 Å². The van der Waals surface area contributed by atoms with Crippen molar-refractivity contribution < 1.29 is 14.3 Å². The maximum absolute atomic E-state index is 12.4. The lowest BCUT2D eigenvalue weighted by molar-refractivity contribution is -0.116. The Labute approximate surface area is 184 Å². The highest BCUT2D eigenvalue weighted by Gasteiger charge is 2.10. The quantitative estimate of drug-likeness (QED) is 0.391. The van der Waals surface area contributed by atoms with E-state index in [1.54, 1.807) is 43.0 Å². The van der Waals surface area contributed by atoms with E-state index in [-0.39, 0.29) is 5.91 Å². The Morgan fingerprint density at radius 3 is 2.71 bits per heavy atom. The third kappa shape index (κ3) is 5.58.